The Morgan fingerprint density at radius 1 is 1.11 bits per heavy atom. The molecule has 1 saturated heterocycles. The van der Waals surface area contributed by atoms with E-state index in [4.69, 9.17) is 4.99 Å². The molecule has 2 aliphatic rings. The molecule has 1 aromatic carbocycles. The molecular formula is C15H17N3S. The highest BCUT2D eigenvalue weighted by molar-refractivity contribution is 8.13. The molecule has 1 aromatic heterocycles. The first-order chi connectivity index (χ1) is 9.42. The van der Waals surface area contributed by atoms with Crippen molar-refractivity contribution in [2.45, 2.75) is 30.8 Å². The number of nitrogens with zero attached hydrogens (tertiary/aromatic N) is 2. The summed E-state index contributed by atoms with van der Waals surface area (Å²) in [6.45, 7) is 3.15. The van der Waals surface area contributed by atoms with Gasteiger partial charge in [-0.3, -0.25) is 4.99 Å². The third kappa shape index (κ3) is 1.94. The van der Waals surface area contributed by atoms with E-state index in [0.29, 0.717) is 0 Å². The lowest BCUT2D eigenvalue weighted by molar-refractivity contribution is 0.346. The maximum atomic E-state index is 4.80. The van der Waals surface area contributed by atoms with Crippen molar-refractivity contribution in [3.05, 3.63) is 29.8 Å². The smallest absolute Gasteiger partial charge is 0.165 e. The Labute approximate surface area is 117 Å². The number of para-hydroxylation sites is 1. The van der Waals surface area contributed by atoms with E-state index in [1.165, 1.54) is 59.0 Å². The lowest BCUT2D eigenvalue weighted by atomic mass is 10.1. The minimum absolute atomic E-state index is 0.818. The molecule has 0 bridgehead atoms. The molecule has 0 amide bonds. The van der Waals surface area contributed by atoms with Gasteiger partial charge in [0.15, 0.2) is 5.17 Å². The number of aliphatic imine (C=N–C) groups is 1. The molecule has 19 heavy (non-hydrogen) atoms. The van der Waals surface area contributed by atoms with Crippen LogP contribution in [0.5, 0.6) is 0 Å². The Morgan fingerprint density at radius 2 is 1.95 bits per heavy atom. The van der Waals surface area contributed by atoms with Crippen molar-refractivity contribution < 1.29 is 0 Å². The number of benzene rings is 1. The molecule has 98 valence electrons. The molecule has 4 rings (SSSR count). The number of rotatable bonds is 0. The Kier molecular flexibility index (Phi) is 2.76. The van der Waals surface area contributed by atoms with Crippen LogP contribution in [0.25, 0.3) is 10.9 Å². The summed E-state index contributed by atoms with van der Waals surface area (Å²) in [7, 11) is 0. The topological polar surface area (TPSA) is 31.4 Å². The van der Waals surface area contributed by atoms with Crippen molar-refractivity contribution in [2.24, 2.45) is 4.99 Å². The fourth-order valence-electron chi connectivity index (χ4n) is 2.94. The average Bonchev–Trinajstić information content (AvgIpc) is 2.86. The lowest BCUT2D eigenvalue weighted by Gasteiger charge is -2.30. The minimum Gasteiger partial charge on any atom is -0.351 e. The van der Waals surface area contributed by atoms with Crippen molar-refractivity contribution in [1.29, 1.82) is 0 Å². The summed E-state index contributed by atoms with van der Waals surface area (Å²) in [5.74, 6) is 0. The molecule has 0 aliphatic carbocycles. The van der Waals surface area contributed by atoms with Gasteiger partial charge in [-0.15, -0.1) is 0 Å². The maximum Gasteiger partial charge on any atom is 0.165 e. The number of hydrogen-bond acceptors (Lipinski definition) is 3. The van der Waals surface area contributed by atoms with E-state index in [0.717, 1.165) is 6.54 Å². The Hall–Kier alpha value is -1.42. The summed E-state index contributed by atoms with van der Waals surface area (Å²) >= 11 is 1.81. The van der Waals surface area contributed by atoms with Crippen LogP contribution in [-0.2, 0) is 6.54 Å². The Morgan fingerprint density at radius 3 is 2.84 bits per heavy atom. The van der Waals surface area contributed by atoms with E-state index in [2.05, 4.69) is 34.1 Å². The summed E-state index contributed by atoms with van der Waals surface area (Å²) in [6, 6.07) is 8.52. The second-order valence-electron chi connectivity index (χ2n) is 5.23. The molecule has 1 fully saturated rings. The summed E-state index contributed by atoms with van der Waals surface area (Å²) in [5, 5.41) is 3.82. The van der Waals surface area contributed by atoms with Crippen molar-refractivity contribution in [2.75, 3.05) is 13.1 Å². The maximum absolute atomic E-state index is 4.80. The van der Waals surface area contributed by atoms with E-state index in [9.17, 15) is 0 Å². The van der Waals surface area contributed by atoms with Gasteiger partial charge in [0.2, 0.25) is 0 Å². The number of H-pyrrole nitrogens is 1. The van der Waals surface area contributed by atoms with Gasteiger partial charge in [-0.2, -0.15) is 0 Å². The molecule has 0 saturated carbocycles. The number of fused-ring (bicyclic) bond motifs is 3. The number of hydrogen-bond donors (Lipinski definition) is 1. The van der Waals surface area contributed by atoms with Gasteiger partial charge in [-0.25, -0.2) is 0 Å². The summed E-state index contributed by atoms with van der Waals surface area (Å²) in [6.07, 6.45) is 3.98. The molecule has 3 nitrogen and oxygen atoms in total. The third-order valence-corrected chi connectivity index (χ3v) is 5.09. The molecule has 4 heteroatoms. The summed E-state index contributed by atoms with van der Waals surface area (Å²) in [4.78, 5) is 10.8. The van der Waals surface area contributed by atoms with Crippen LogP contribution in [0.1, 0.15) is 24.8 Å². The number of likely N-dealkylation sites (tertiary alicyclic amines) is 1. The van der Waals surface area contributed by atoms with Crippen LogP contribution in [0, 0.1) is 0 Å². The van der Waals surface area contributed by atoms with E-state index in [1.807, 2.05) is 11.8 Å². The van der Waals surface area contributed by atoms with Crippen molar-refractivity contribution >= 4 is 27.8 Å². The van der Waals surface area contributed by atoms with E-state index in [-0.39, 0.29) is 0 Å². The second kappa shape index (κ2) is 4.60. The fraction of sp³-hybridized carbons (Fsp3) is 0.400. The van der Waals surface area contributed by atoms with Crippen molar-refractivity contribution in [1.82, 2.24) is 9.88 Å². The number of amidine groups is 1. The van der Waals surface area contributed by atoms with E-state index >= 15 is 0 Å². The van der Waals surface area contributed by atoms with E-state index in [1.54, 1.807) is 0 Å². The predicted molar refractivity (Wildman–Crippen MR) is 80.7 cm³/mol. The van der Waals surface area contributed by atoms with Crippen LogP contribution in [-0.4, -0.2) is 28.1 Å². The van der Waals surface area contributed by atoms with Gasteiger partial charge in [0.25, 0.3) is 0 Å². The van der Waals surface area contributed by atoms with Crippen LogP contribution >= 0.6 is 11.8 Å². The third-order valence-electron chi connectivity index (χ3n) is 3.97. The molecule has 3 heterocycles. The first-order valence-corrected chi connectivity index (χ1v) is 7.80. The molecule has 0 atom stereocenters. The average molecular weight is 271 g/mol. The van der Waals surface area contributed by atoms with Crippen molar-refractivity contribution in [3.8, 4) is 0 Å². The fourth-order valence-corrected chi connectivity index (χ4v) is 4.02. The number of aromatic amines is 1. The number of aromatic nitrogens is 1. The Bertz CT molecular complexity index is 638. The quantitative estimate of drug-likeness (QED) is 0.793. The summed E-state index contributed by atoms with van der Waals surface area (Å²) in [5.41, 5.74) is 2.59. The van der Waals surface area contributed by atoms with Crippen LogP contribution in [0.15, 0.2) is 34.3 Å². The highest BCUT2D eigenvalue weighted by Gasteiger charge is 2.23. The molecule has 0 unspecified atom stereocenters. The van der Waals surface area contributed by atoms with Gasteiger partial charge in [-0.1, -0.05) is 18.2 Å². The highest BCUT2D eigenvalue weighted by atomic mass is 32.2. The van der Waals surface area contributed by atoms with Gasteiger partial charge in [0.1, 0.15) is 0 Å². The van der Waals surface area contributed by atoms with Crippen LogP contribution in [0.2, 0.25) is 0 Å². The lowest BCUT2D eigenvalue weighted by Crippen LogP contribution is -2.34. The van der Waals surface area contributed by atoms with Crippen LogP contribution in [0.4, 0.5) is 0 Å². The van der Waals surface area contributed by atoms with Gasteiger partial charge >= 0.3 is 0 Å². The first kappa shape index (κ1) is 11.4. The SMILES string of the molecule is c1ccc2c3c([nH]c2c1)SC(N1CCCCC1)=NC3. The normalized spacial score (nSPS) is 19.4. The van der Waals surface area contributed by atoms with Gasteiger partial charge in [-0.05, 0) is 37.1 Å². The molecule has 0 spiro atoms. The van der Waals surface area contributed by atoms with E-state index < -0.39 is 0 Å². The van der Waals surface area contributed by atoms with Gasteiger partial charge in [0, 0.05) is 29.6 Å². The number of thioether (sulfide) groups is 1. The van der Waals surface area contributed by atoms with Gasteiger partial charge < -0.3 is 9.88 Å². The molecule has 1 N–H and O–H groups in total. The van der Waals surface area contributed by atoms with Crippen LogP contribution < -0.4 is 0 Å². The molecule has 0 radical (unpaired) electrons. The largest absolute Gasteiger partial charge is 0.351 e. The molecular weight excluding hydrogens is 254 g/mol. The van der Waals surface area contributed by atoms with Crippen molar-refractivity contribution in [3.63, 3.8) is 0 Å². The number of piperidine rings is 1. The zero-order chi connectivity index (χ0) is 12.7. The van der Waals surface area contributed by atoms with Crippen LogP contribution in [0.3, 0.4) is 0 Å². The van der Waals surface area contributed by atoms with Gasteiger partial charge in [0.05, 0.1) is 11.6 Å². The monoisotopic (exact) mass is 271 g/mol. The molecule has 2 aliphatic heterocycles. The second-order valence-corrected chi connectivity index (χ2v) is 6.20. The molecule has 2 aromatic rings. The predicted octanol–water partition coefficient (Wildman–Crippen LogP) is 3.62. The summed E-state index contributed by atoms with van der Waals surface area (Å²) < 4.78 is 0. The first-order valence-electron chi connectivity index (χ1n) is 6.99. The minimum atomic E-state index is 0.818. The number of nitrogens with one attached hydrogen (secondary N) is 1. The zero-order valence-corrected chi connectivity index (χ0v) is 11.7. The zero-order valence-electron chi connectivity index (χ0n) is 10.9. The highest BCUT2D eigenvalue weighted by Crippen LogP contribution is 2.35. The Balaban J connectivity index is 1.66. The standard InChI is InChI=1S/C15H17N3S/c1-4-8-18(9-5-1)15-16-10-12-11-6-2-3-7-13(11)17-14(12)19-15/h2-3,6-7,17H,1,4-5,8-10H2.